The van der Waals surface area contributed by atoms with Crippen LogP contribution in [0.1, 0.15) is 16.7 Å². The average molecular weight is 281 g/mol. The molecule has 3 nitrogen and oxygen atoms in total. The normalized spacial score (nSPS) is 9.67. The Morgan fingerprint density at radius 1 is 1.05 bits per heavy atom. The Kier molecular flexibility index (Phi) is 5.25. The van der Waals surface area contributed by atoms with E-state index in [1.54, 1.807) is 0 Å². The maximum Gasteiger partial charge on any atom is 0.122 e. The van der Waals surface area contributed by atoms with Crippen molar-refractivity contribution < 1.29 is 9.84 Å². The third-order valence-electron chi connectivity index (χ3n) is 3.05. The van der Waals surface area contributed by atoms with Gasteiger partial charge in [0.2, 0.25) is 0 Å². The van der Waals surface area contributed by atoms with Gasteiger partial charge in [0.15, 0.2) is 0 Å². The minimum absolute atomic E-state index is 0.0175. The van der Waals surface area contributed by atoms with Crippen molar-refractivity contribution in [1.29, 1.82) is 0 Å². The highest BCUT2D eigenvalue weighted by Crippen LogP contribution is 2.18. The molecule has 0 amide bonds. The van der Waals surface area contributed by atoms with Crippen LogP contribution >= 0.6 is 0 Å². The lowest BCUT2D eigenvalue weighted by atomic mass is 10.1. The first-order valence-corrected chi connectivity index (χ1v) is 6.87. The maximum atomic E-state index is 8.77. The minimum atomic E-state index is 0.0175. The third-order valence-corrected chi connectivity index (χ3v) is 3.05. The van der Waals surface area contributed by atoms with Crippen LogP contribution < -0.4 is 10.1 Å². The van der Waals surface area contributed by atoms with Gasteiger partial charge in [0.1, 0.15) is 12.4 Å². The number of rotatable bonds is 4. The molecular weight excluding hydrogens is 262 g/mol. The fourth-order valence-electron chi connectivity index (χ4n) is 1.91. The van der Waals surface area contributed by atoms with Crippen molar-refractivity contribution in [3.05, 3.63) is 59.2 Å². The highest BCUT2D eigenvalue weighted by molar-refractivity contribution is 5.51. The number of aliphatic hydroxyl groups excluding tert-OH is 1. The molecule has 2 aromatic carbocycles. The molecule has 0 saturated heterocycles. The van der Waals surface area contributed by atoms with Gasteiger partial charge in [0.05, 0.1) is 6.61 Å². The molecular formula is C18H19NO2. The molecule has 0 unspecified atom stereocenters. The van der Waals surface area contributed by atoms with Crippen LogP contribution in [0.25, 0.3) is 0 Å². The second-order valence-corrected chi connectivity index (χ2v) is 4.63. The first-order valence-electron chi connectivity index (χ1n) is 6.87. The molecule has 2 N–H and O–H groups in total. The molecule has 0 aliphatic heterocycles. The van der Waals surface area contributed by atoms with E-state index in [0.717, 1.165) is 28.1 Å². The van der Waals surface area contributed by atoms with Crippen LogP contribution in [0, 0.1) is 18.8 Å². The number of benzene rings is 2. The zero-order valence-corrected chi connectivity index (χ0v) is 12.3. The van der Waals surface area contributed by atoms with Gasteiger partial charge in [-0.1, -0.05) is 11.8 Å². The molecule has 0 aliphatic carbocycles. The van der Waals surface area contributed by atoms with E-state index in [1.165, 1.54) is 0 Å². The maximum absolute atomic E-state index is 8.77. The Morgan fingerprint density at radius 2 is 1.71 bits per heavy atom. The molecule has 2 rings (SSSR count). The minimum Gasteiger partial charge on any atom is -0.491 e. The predicted octanol–water partition coefficient (Wildman–Crippen LogP) is 2.81. The van der Waals surface area contributed by atoms with Crippen molar-refractivity contribution in [3.8, 4) is 17.6 Å². The largest absolute Gasteiger partial charge is 0.491 e. The molecule has 0 saturated carbocycles. The average Bonchev–Trinajstić information content (AvgIpc) is 2.52. The lowest BCUT2D eigenvalue weighted by Crippen LogP contribution is -2.02. The summed E-state index contributed by atoms with van der Waals surface area (Å²) in [7, 11) is 1.89. The Labute approximate surface area is 125 Å². The smallest absolute Gasteiger partial charge is 0.122 e. The van der Waals surface area contributed by atoms with E-state index in [2.05, 4.69) is 17.2 Å². The molecule has 2 aromatic rings. The molecule has 108 valence electrons. The van der Waals surface area contributed by atoms with Gasteiger partial charge in [-0.05, 0) is 55.0 Å². The number of ether oxygens (including phenoxy) is 1. The Morgan fingerprint density at radius 3 is 2.33 bits per heavy atom. The lowest BCUT2D eigenvalue weighted by Gasteiger charge is -2.07. The number of nitrogens with one attached hydrogen (secondary N) is 1. The molecule has 0 heterocycles. The van der Waals surface area contributed by atoms with Crippen molar-refractivity contribution in [2.24, 2.45) is 0 Å². The van der Waals surface area contributed by atoms with Crippen molar-refractivity contribution in [2.75, 3.05) is 25.6 Å². The van der Waals surface area contributed by atoms with Gasteiger partial charge in [-0.3, -0.25) is 0 Å². The second kappa shape index (κ2) is 7.37. The number of hydrogen-bond donors (Lipinski definition) is 2. The van der Waals surface area contributed by atoms with Gasteiger partial charge in [0, 0.05) is 23.9 Å². The summed E-state index contributed by atoms with van der Waals surface area (Å²) in [5, 5.41) is 11.8. The summed E-state index contributed by atoms with van der Waals surface area (Å²) in [5.74, 6) is 7.08. The quantitative estimate of drug-likeness (QED) is 0.847. The summed E-state index contributed by atoms with van der Waals surface area (Å²) in [5.41, 5.74) is 4.01. The third kappa shape index (κ3) is 4.27. The molecule has 0 bridgehead atoms. The molecule has 0 aromatic heterocycles. The van der Waals surface area contributed by atoms with E-state index >= 15 is 0 Å². The van der Waals surface area contributed by atoms with Crippen LogP contribution in [-0.4, -0.2) is 25.4 Å². The van der Waals surface area contributed by atoms with Gasteiger partial charge >= 0.3 is 0 Å². The van der Waals surface area contributed by atoms with E-state index in [0.29, 0.717) is 6.61 Å². The fourth-order valence-corrected chi connectivity index (χ4v) is 1.91. The van der Waals surface area contributed by atoms with Gasteiger partial charge in [-0.25, -0.2) is 0 Å². The monoisotopic (exact) mass is 281 g/mol. The first kappa shape index (κ1) is 15.0. The number of aryl methyl sites for hydroxylation is 1. The summed E-state index contributed by atoms with van der Waals surface area (Å²) in [6.45, 7) is 2.30. The van der Waals surface area contributed by atoms with Crippen LogP contribution in [0.3, 0.4) is 0 Å². The zero-order chi connectivity index (χ0) is 15.1. The van der Waals surface area contributed by atoms with E-state index in [4.69, 9.17) is 9.84 Å². The first-order chi connectivity index (χ1) is 10.2. The van der Waals surface area contributed by atoms with Crippen LogP contribution in [0.2, 0.25) is 0 Å². The highest BCUT2D eigenvalue weighted by Gasteiger charge is 1.99. The topological polar surface area (TPSA) is 41.5 Å². The number of aliphatic hydroxyl groups is 1. The Hall–Kier alpha value is -2.44. The molecule has 0 spiro atoms. The van der Waals surface area contributed by atoms with Crippen LogP contribution in [0.15, 0.2) is 42.5 Å². The van der Waals surface area contributed by atoms with E-state index in [9.17, 15) is 0 Å². The van der Waals surface area contributed by atoms with E-state index in [1.807, 2.05) is 56.4 Å². The summed E-state index contributed by atoms with van der Waals surface area (Å²) in [6, 6.07) is 13.8. The fraction of sp³-hybridized carbons (Fsp3) is 0.222. The van der Waals surface area contributed by atoms with Crippen LogP contribution in [0.4, 0.5) is 5.69 Å². The van der Waals surface area contributed by atoms with Crippen molar-refractivity contribution >= 4 is 5.69 Å². The zero-order valence-electron chi connectivity index (χ0n) is 12.3. The summed E-state index contributed by atoms with van der Waals surface area (Å²) < 4.78 is 5.42. The molecule has 0 radical (unpaired) electrons. The standard InChI is InChI=1S/C18H19NO2/c1-14-13-16(7-10-18(14)21-12-11-20)4-3-15-5-8-17(19-2)9-6-15/h5-10,13,19-20H,11-12H2,1-2H3. The molecule has 0 fully saturated rings. The molecule has 0 aliphatic rings. The van der Waals surface area contributed by atoms with Crippen molar-refractivity contribution in [2.45, 2.75) is 6.92 Å². The SMILES string of the molecule is CNc1ccc(C#Cc2ccc(OCCO)c(C)c2)cc1. The molecule has 21 heavy (non-hydrogen) atoms. The Bertz CT molecular complexity index is 651. The Balaban J connectivity index is 2.12. The van der Waals surface area contributed by atoms with Crippen LogP contribution in [0.5, 0.6) is 5.75 Å². The van der Waals surface area contributed by atoms with E-state index < -0.39 is 0 Å². The number of hydrogen-bond acceptors (Lipinski definition) is 3. The molecule has 3 heteroatoms. The van der Waals surface area contributed by atoms with Gasteiger partial charge < -0.3 is 15.2 Å². The summed E-state index contributed by atoms with van der Waals surface area (Å²) in [4.78, 5) is 0. The van der Waals surface area contributed by atoms with Gasteiger partial charge in [-0.2, -0.15) is 0 Å². The predicted molar refractivity (Wildman–Crippen MR) is 85.7 cm³/mol. The van der Waals surface area contributed by atoms with Crippen molar-refractivity contribution in [1.82, 2.24) is 0 Å². The lowest BCUT2D eigenvalue weighted by molar-refractivity contribution is 0.200. The summed E-state index contributed by atoms with van der Waals surface area (Å²) in [6.07, 6.45) is 0. The van der Waals surface area contributed by atoms with Gasteiger partial charge in [0.25, 0.3) is 0 Å². The van der Waals surface area contributed by atoms with E-state index in [-0.39, 0.29) is 6.61 Å². The number of anilines is 1. The van der Waals surface area contributed by atoms with Crippen LogP contribution in [-0.2, 0) is 0 Å². The second-order valence-electron chi connectivity index (χ2n) is 4.63. The highest BCUT2D eigenvalue weighted by atomic mass is 16.5. The van der Waals surface area contributed by atoms with Gasteiger partial charge in [-0.15, -0.1) is 0 Å². The van der Waals surface area contributed by atoms with Crippen molar-refractivity contribution in [3.63, 3.8) is 0 Å². The summed E-state index contributed by atoms with van der Waals surface area (Å²) >= 11 is 0. The molecule has 0 atom stereocenters.